The Kier molecular flexibility index (Phi) is 3.09. The van der Waals surface area contributed by atoms with Crippen molar-refractivity contribution < 1.29 is 12.3 Å². The molecule has 7 heteroatoms. The minimum absolute atomic E-state index is 0.370. The number of hydrogen-bond acceptors (Lipinski definition) is 4. The molecule has 16 heavy (non-hydrogen) atoms. The smallest absolute Gasteiger partial charge is 0.243 e. The standard InChI is InChI=1S/C9H5BrFNO2S2/c10-7-3-1-6(2-4-7)9-12-5-8(15-9)16(11,13)14/h1-5H. The van der Waals surface area contributed by atoms with Crippen LogP contribution in [0.2, 0.25) is 0 Å². The van der Waals surface area contributed by atoms with Crippen LogP contribution in [0.5, 0.6) is 0 Å². The van der Waals surface area contributed by atoms with E-state index in [4.69, 9.17) is 0 Å². The van der Waals surface area contributed by atoms with Crippen molar-refractivity contribution in [3.05, 3.63) is 34.9 Å². The highest BCUT2D eigenvalue weighted by Gasteiger charge is 2.16. The lowest BCUT2D eigenvalue weighted by Crippen LogP contribution is -1.85. The van der Waals surface area contributed by atoms with Crippen molar-refractivity contribution >= 4 is 37.5 Å². The van der Waals surface area contributed by atoms with E-state index < -0.39 is 10.2 Å². The molecular weight excluding hydrogens is 317 g/mol. The van der Waals surface area contributed by atoms with E-state index in [1.54, 1.807) is 24.3 Å². The van der Waals surface area contributed by atoms with Crippen molar-refractivity contribution in [3.8, 4) is 10.6 Å². The molecule has 0 bridgehead atoms. The van der Waals surface area contributed by atoms with Crippen LogP contribution in [0.25, 0.3) is 10.6 Å². The highest BCUT2D eigenvalue weighted by molar-refractivity contribution is 9.10. The minimum atomic E-state index is -4.65. The molecule has 0 spiro atoms. The maximum absolute atomic E-state index is 12.6. The lowest BCUT2D eigenvalue weighted by Gasteiger charge is -1.95. The summed E-state index contributed by atoms with van der Waals surface area (Å²) in [5.41, 5.74) is 0.753. The summed E-state index contributed by atoms with van der Waals surface area (Å²) in [5, 5.41) is 0.476. The number of aromatic nitrogens is 1. The van der Waals surface area contributed by atoms with Crippen LogP contribution >= 0.6 is 27.3 Å². The van der Waals surface area contributed by atoms with Crippen molar-refractivity contribution in [2.75, 3.05) is 0 Å². The molecule has 0 aliphatic carbocycles. The Labute approximate surface area is 104 Å². The SMILES string of the molecule is O=S(=O)(F)c1cnc(-c2ccc(Br)cc2)s1. The molecule has 2 rings (SSSR count). The predicted octanol–water partition coefficient (Wildman–Crippen LogP) is 3.23. The van der Waals surface area contributed by atoms with Crippen LogP contribution in [0, 0.1) is 0 Å². The normalized spacial score (nSPS) is 11.6. The molecule has 1 aromatic heterocycles. The van der Waals surface area contributed by atoms with E-state index in [1.807, 2.05) is 0 Å². The van der Waals surface area contributed by atoms with Crippen molar-refractivity contribution in [3.63, 3.8) is 0 Å². The molecule has 2 aromatic rings. The van der Waals surface area contributed by atoms with Gasteiger partial charge >= 0.3 is 10.2 Å². The second-order valence-electron chi connectivity index (χ2n) is 2.93. The molecule has 0 amide bonds. The summed E-state index contributed by atoms with van der Waals surface area (Å²) in [5.74, 6) is 0. The Morgan fingerprint density at radius 3 is 2.38 bits per heavy atom. The van der Waals surface area contributed by atoms with E-state index in [0.717, 1.165) is 27.6 Å². The van der Waals surface area contributed by atoms with Gasteiger partial charge in [0.25, 0.3) is 0 Å². The van der Waals surface area contributed by atoms with Crippen molar-refractivity contribution in [2.45, 2.75) is 4.21 Å². The summed E-state index contributed by atoms with van der Waals surface area (Å²) in [7, 11) is -4.65. The third-order valence-corrected chi connectivity index (χ3v) is 4.62. The van der Waals surface area contributed by atoms with Gasteiger partial charge < -0.3 is 0 Å². The summed E-state index contributed by atoms with van der Waals surface area (Å²) < 4.78 is 34.4. The quantitative estimate of drug-likeness (QED) is 0.798. The molecule has 0 saturated carbocycles. The van der Waals surface area contributed by atoms with Gasteiger partial charge in [-0.25, -0.2) is 4.98 Å². The number of hydrogen-bond donors (Lipinski definition) is 0. The lowest BCUT2D eigenvalue weighted by molar-refractivity contribution is 0.554. The molecule has 1 aromatic carbocycles. The molecule has 0 saturated heterocycles. The molecule has 0 N–H and O–H groups in total. The molecule has 0 atom stereocenters. The number of benzene rings is 1. The predicted molar refractivity (Wildman–Crippen MR) is 63.5 cm³/mol. The van der Waals surface area contributed by atoms with E-state index in [-0.39, 0.29) is 4.21 Å². The first-order valence-electron chi connectivity index (χ1n) is 4.13. The highest BCUT2D eigenvalue weighted by atomic mass is 79.9. The van der Waals surface area contributed by atoms with Crippen molar-refractivity contribution in [1.82, 2.24) is 4.98 Å². The number of nitrogens with zero attached hydrogens (tertiary/aromatic N) is 1. The Bertz CT molecular complexity index is 607. The molecule has 0 unspecified atom stereocenters. The van der Waals surface area contributed by atoms with Gasteiger partial charge in [-0.05, 0) is 12.1 Å². The van der Waals surface area contributed by atoms with E-state index in [2.05, 4.69) is 20.9 Å². The zero-order valence-corrected chi connectivity index (χ0v) is 10.9. The maximum atomic E-state index is 12.6. The molecule has 0 aliphatic rings. The van der Waals surface area contributed by atoms with E-state index in [1.165, 1.54) is 0 Å². The zero-order valence-electron chi connectivity index (χ0n) is 7.72. The first kappa shape index (κ1) is 11.7. The molecule has 3 nitrogen and oxygen atoms in total. The van der Waals surface area contributed by atoms with Gasteiger partial charge in [-0.15, -0.1) is 0 Å². The number of rotatable bonds is 2. The molecular formula is C9H5BrFNO2S2. The average molecular weight is 322 g/mol. The maximum Gasteiger partial charge on any atom is 0.343 e. The van der Waals surface area contributed by atoms with Crippen LogP contribution in [0.4, 0.5) is 3.89 Å². The summed E-state index contributed by atoms with van der Waals surface area (Å²) >= 11 is 4.09. The monoisotopic (exact) mass is 321 g/mol. The second-order valence-corrected chi connectivity index (χ2v) is 6.45. The van der Waals surface area contributed by atoms with Gasteiger partial charge in [0.1, 0.15) is 5.01 Å². The molecule has 84 valence electrons. The fraction of sp³-hybridized carbons (Fsp3) is 0. The Balaban J connectivity index is 2.43. The summed E-state index contributed by atoms with van der Waals surface area (Å²) in [6.07, 6.45) is 1.03. The molecule has 0 aliphatic heterocycles. The highest BCUT2D eigenvalue weighted by Crippen LogP contribution is 2.29. The zero-order chi connectivity index (χ0) is 11.8. The van der Waals surface area contributed by atoms with Gasteiger partial charge in [0, 0.05) is 10.0 Å². The van der Waals surface area contributed by atoms with Crippen LogP contribution < -0.4 is 0 Å². The average Bonchev–Trinajstić information content (AvgIpc) is 2.67. The van der Waals surface area contributed by atoms with Crippen molar-refractivity contribution in [1.29, 1.82) is 0 Å². The summed E-state index contributed by atoms with van der Waals surface area (Å²) in [6.45, 7) is 0. The van der Waals surface area contributed by atoms with Gasteiger partial charge in [0.05, 0.1) is 6.20 Å². The Hall–Kier alpha value is -0.790. The fourth-order valence-corrected chi connectivity index (χ4v) is 2.83. The van der Waals surface area contributed by atoms with Gasteiger partial charge in [-0.3, -0.25) is 0 Å². The van der Waals surface area contributed by atoms with E-state index in [9.17, 15) is 12.3 Å². The van der Waals surface area contributed by atoms with Crippen LogP contribution in [0.15, 0.2) is 39.1 Å². The molecule has 0 fully saturated rings. The topological polar surface area (TPSA) is 47.0 Å². The van der Waals surface area contributed by atoms with Gasteiger partial charge in [0.15, 0.2) is 4.21 Å². The van der Waals surface area contributed by atoms with E-state index >= 15 is 0 Å². The fourth-order valence-electron chi connectivity index (χ4n) is 1.10. The van der Waals surface area contributed by atoms with Crippen molar-refractivity contribution in [2.24, 2.45) is 0 Å². The van der Waals surface area contributed by atoms with Crippen LogP contribution in [-0.4, -0.2) is 13.4 Å². The first-order chi connectivity index (χ1) is 7.47. The third-order valence-electron chi connectivity index (χ3n) is 1.82. The Morgan fingerprint density at radius 2 is 1.88 bits per heavy atom. The Morgan fingerprint density at radius 1 is 1.25 bits per heavy atom. The van der Waals surface area contributed by atoms with Crippen LogP contribution in [-0.2, 0) is 10.2 Å². The molecule has 0 radical (unpaired) electrons. The number of halogens is 2. The van der Waals surface area contributed by atoms with Crippen LogP contribution in [0.1, 0.15) is 0 Å². The van der Waals surface area contributed by atoms with E-state index in [0.29, 0.717) is 5.01 Å². The van der Waals surface area contributed by atoms with Gasteiger partial charge in [-0.2, -0.15) is 8.42 Å². The second kappa shape index (κ2) is 4.23. The van der Waals surface area contributed by atoms with Gasteiger partial charge in [-0.1, -0.05) is 43.3 Å². The summed E-state index contributed by atoms with van der Waals surface area (Å²) in [4.78, 5) is 3.87. The third kappa shape index (κ3) is 2.47. The first-order valence-corrected chi connectivity index (χ1v) is 7.12. The number of thiazole rings is 1. The summed E-state index contributed by atoms with van der Waals surface area (Å²) in [6, 6.07) is 7.16. The lowest BCUT2D eigenvalue weighted by atomic mass is 10.2. The van der Waals surface area contributed by atoms with Gasteiger partial charge in [0.2, 0.25) is 0 Å². The molecule has 1 heterocycles. The van der Waals surface area contributed by atoms with Crippen LogP contribution in [0.3, 0.4) is 0 Å². The minimum Gasteiger partial charge on any atom is -0.243 e. The largest absolute Gasteiger partial charge is 0.343 e.